The molecule has 1 saturated carbocycles. The number of urea groups is 1. The highest BCUT2D eigenvalue weighted by molar-refractivity contribution is 5.74. The van der Waals surface area contributed by atoms with Crippen LogP contribution in [0, 0.1) is 0 Å². The van der Waals surface area contributed by atoms with Crippen molar-refractivity contribution < 1.29 is 4.79 Å². The molecule has 0 bridgehead atoms. The van der Waals surface area contributed by atoms with Crippen LogP contribution in [0.25, 0.3) is 5.65 Å². The van der Waals surface area contributed by atoms with E-state index in [0.717, 1.165) is 51.2 Å². The second-order valence-electron chi connectivity index (χ2n) is 7.23. The number of imidazole rings is 1. The molecule has 0 radical (unpaired) electrons. The Bertz CT molecular complexity index is 713. The first-order chi connectivity index (χ1) is 12.3. The van der Waals surface area contributed by atoms with Crippen molar-refractivity contribution in [3.05, 3.63) is 36.3 Å². The van der Waals surface area contributed by atoms with Crippen LogP contribution in [0.15, 0.2) is 30.6 Å². The Balaban J connectivity index is 1.28. The Labute approximate surface area is 148 Å². The molecule has 6 heteroatoms. The first-order valence-corrected chi connectivity index (χ1v) is 9.48. The van der Waals surface area contributed by atoms with E-state index in [0.29, 0.717) is 6.04 Å². The fourth-order valence-electron chi connectivity index (χ4n) is 3.95. The number of amides is 2. The number of carbonyl (C=O) groups excluding carboxylic acids is 1. The monoisotopic (exact) mass is 341 g/mol. The van der Waals surface area contributed by atoms with Crippen LogP contribution in [0.4, 0.5) is 4.79 Å². The first-order valence-electron chi connectivity index (χ1n) is 9.48. The number of fused-ring (bicyclic) bond motifs is 1. The van der Waals surface area contributed by atoms with Gasteiger partial charge < -0.3 is 14.6 Å². The molecule has 2 fully saturated rings. The van der Waals surface area contributed by atoms with Gasteiger partial charge in [0.25, 0.3) is 0 Å². The number of rotatable bonds is 3. The van der Waals surface area contributed by atoms with Crippen molar-refractivity contribution >= 4 is 11.7 Å². The van der Waals surface area contributed by atoms with Gasteiger partial charge >= 0.3 is 6.03 Å². The van der Waals surface area contributed by atoms with Gasteiger partial charge in [0.1, 0.15) is 5.65 Å². The van der Waals surface area contributed by atoms with E-state index in [2.05, 4.69) is 25.8 Å². The largest absolute Gasteiger partial charge is 0.335 e. The van der Waals surface area contributed by atoms with Crippen molar-refractivity contribution in [2.24, 2.45) is 0 Å². The van der Waals surface area contributed by atoms with Crippen LogP contribution in [0.2, 0.25) is 0 Å². The minimum atomic E-state index is 0.126. The lowest BCUT2D eigenvalue weighted by Crippen LogP contribution is -2.53. The summed E-state index contributed by atoms with van der Waals surface area (Å²) in [5, 5.41) is 3.23. The molecule has 0 aromatic carbocycles. The Morgan fingerprint density at radius 2 is 1.92 bits per heavy atom. The van der Waals surface area contributed by atoms with Gasteiger partial charge in [-0.1, -0.05) is 25.3 Å². The normalized spacial score (nSPS) is 20.1. The van der Waals surface area contributed by atoms with Crippen LogP contribution in [0.5, 0.6) is 0 Å². The molecule has 2 amide bonds. The van der Waals surface area contributed by atoms with Gasteiger partial charge in [-0.3, -0.25) is 4.90 Å². The minimum absolute atomic E-state index is 0.126. The average molecular weight is 341 g/mol. The lowest BCUT2D eigenvalue weighted by atomic mass is 9.96. The third kappa shape index (κ3) is 3.79. The zero-order valence-corrected chi connectivity index (χ0v) is 14.7. The molecule has 2 aromatic heterocycles. The van der Waals surface area contributed by atoms with Gasteiger partial charge in [-0.2, -0.15) is 0 Å². The van der Waals surface area contributed by atoms with E-state index in [-0.39, 0.29) is 6.03 Å². The quantitative estimate of drug-likeness (QED) is 0.933. The summed E-state index contributed by atoms with van der Waals surface area (Å²) >= 11 is 0. The van der Waals surface area contributed by atoms with E-state index in [4.69, 9.17) is 0 Å². The van der Waals surface area contributed by atoms with Gasteiger partial charge in [-0.05, 0) is 25.0 Å². The maximum Gasteiger partial charge on any atom is 0.317 e. The van der Waals surface area contributed by atoms with E-state index in [1.807, 2.05) is 29.3 Å². The number of hydrogen-bond acceptors (Lipinski definition) is 3. The number of aromatic nitrogens is 2. The van der Waals surface area contributed by atoms with E-state index in [1.165, 1.54) is 25.0 Å². The summed E-state index contributed by atoms with van der Waals surface area (Å²) in [6, 6.07) is 6.58. The predicted molar refractivity (Wildman–Crippen MR) is 97.4 cm³/mol. The standard InChI is InChI=1S/C19H27N5O/c25-19(21-16-6-2-1-3-7-16)23-12-10-22(11-13-23)15-17-14-20-18-8-4-5-9-24(17)18/h4-5,8-9,14,16H,1-3,6-7,10-13,15H2,(H,21,25). The second kappa shape index (κ2) is 7.44. The summed E-state index contributed by atoms with van der Waals surface area (Å²) in [4.78, 5) is 21.3. The van der Waals surface area contributed by atoms with Crippen molar-refractivity contribution in [2.45, 2.75) is 44.7 Å². The average Bonchev–Trinajstić information content (AvgIpc) is 3.06. The highest BCUT2D eigenvalue weighted by Gasteiger charge is 2.24. The molecule has 3 heterocycles. The summed E-state index contributed by atoms with van der Waals surface area (Å²) in [6.45, 7) is 4.31. The first kappa shape index (κ1) is 16.4. The molecule has 0 unspecified atom stereocenters. The topological polar surface area (TPSA) is 52.9 Å². The van der Waals surface area contributed by atoms with E-state index < -0.39 is 0 Å². The van der Waals surface area contributed by atoms with Crippen LogP contribution < -0.4 is 5.32 Å². The molecule has 0 atom stereocenters. The van der Waals surface area contributed by atoms with Gasteiger partial charge in [0.15, 0.2) is 0 Å². The van der Waals surface area contributed by atoms with Gasteiger partial charge in [-0.15, -0.1) is 0 Å². The molecule has 2 aliphatic rings. The van der Waals surface area contributed by atoms with Crippen molar-refractivity contribution in [1.29, 1.82) is 0 Å². The third-order valence-corrected chi connectivity index (χ3v) is 5.47. The highest BCUT2D eigenvalue weighted by atomic mass is 16.2. The molecular formula is C19H27N5O. The molecular weight excluding hydrogens is 314 g/mol. The Kier molecular flexibility index (Phi) is 4.88. The zero-order chi connectivity index (χ0) is 17.1. The van der Waals surface area contributed by atoms with Crippen LogP contribution in [-0.2, 0) is 6.54 Å². The number of piperazine rings is 1. The molecule has 1 aliphatic carbocycles. The maximum absolute atomic E-state index is 12.4. The highest BCUT2D eigenvalue weighted by Crippen LogP contribution is 2.18. The molecule has 6 nitrogen and oxygen atoms in total. The Morgan fingerprint density at radius 3 is 2.72 bits per heavy atom. The molecule has 25 heavy (non-hydrogen) atoms. The fourth-order valence-corrected chi connectivity index (χ4v) is 3.95. The van der Waals surface area contributed by atoms with Crippen molar-refractivity contribution in [3.63, 3.8) is 0 Å². The van der Waals surface area contributed by atoms with Crippen LogP contribution in [0.3, 0.4) is 0 Å². The van der Waals surface area contributed by atoms with Gasteiger partial charge in [-0.25, -0.2) is 9.78 Å². The summed E-state index contributed by atoms with van der Waals surface area (Å²) < 4.78 is 2.14. The lowest BCUT2D eigenvalue weighted by Gasteiger charge is -2.35. The summed E-state index contributed by atoms with van der Waals surface area (Å²) in [5.74, 6) is 0. The van der Waals surface area contributed by atoms with Gasteiger partial charge in [0.2, 0.25) is 0 Å². The molecule has 134 valence electrons. The van der Waals surface area contributed by atoms with E-state index >= 15 is 0 Å². The number of nitrogens with one attached hydrogen (secondary N) is 1. The number of hydrogen-bond donors (Lipinski definition) is 1. The summed E-state index contributed by atoms with van der Waals surface area (Å²) in [5.41, 5.74) is 2.19. The molecule has 1 aliphatic heterocycles. The lowest BCUT2D eigenvalue weighted by molar-refractivity contribution is 0.131. The summed E-state index contributed by atoms with van der Waals surface area (Å²) in [6.07, 6.45) is 10.1. The van der Waals surface area contributed by atoms with Crippen molar-refractivity contribution in [2.75, 3.05) is 26.2 Å². The number of pyridine rings is 1. The van der Waals surface area contributed by atoms with Crippen molar-refractivity contribution in [1.82, 2.24) is 24.5 Å². The predicted octanol–water partition coefficient (Wildman–Crippen LogP) is 2.49. The zero-order valence-electron chi connectivity index (χ0n) is 14.7. The van der Waals surface area contributed by atoms with Gasteiger partial charge in [0.05, 0.1) is 11.9 Å². The Morgan fingerprint density at radius 1 is 1.12 bits per heavy atom. The number of carbonyl (C=O) groups is 1. The Hall–Kier alpha value is -2.08. The molecule has 2 aromatic rings. The van der Waals surface area contributed by atoms with Crippen LogP contribution in [-0.4, -0.2) is 57.4 Å². The number of nitrogens with zero attached hydrogens (tertiary/aromatic N) is 4. The molecule has 1 saturated heterocycles. The van der Waals surface area contributed by atoms with E-state index in [1.54, 1.807) is 0 Å². The second-order valence-corrected chi connectivity index (χ2v) is 7.23. The van der Waals surface area contributed by atoms with Crippen LogP contribution >= 0.6 is 0 Å². The summed E-state index contributed by atoms with van der Waals surface area (Å²) in [7, 11) is 0. The third-order valence-electron chi connectivity index (χ3n) is 5.47. The van der Waals surface area contributed by atoms with Crippen LogP contribution in [0.1, 0.15) is 37.8 Å². The maximum atomic E-state index is 12.4. The molecule has 1 N–H and O–H groups in total. The smallest absolute Gasteiger partial charge is 0.317 e. The molecule has 0 spiro atoms. The van der Waals surface area contributed by atoms with E-state index in [9.17, 15) is 4.79 Å². The fraction of sp³-hybridized carbons (Fsp3) is 0.579. The SMILES string of the molecule is O=C(NC1CCCCC1)N1CCN(Cc2cnc3ccccn23)CC1. The van der Waals surface area contributed by atoms with Gasteiger partial charge in [0, 0.05) is 45.0 Å². The minimum Gasteiger partial charge on any atom is -0.335 e. The molecule has 4 rings (SSSR count). The van der Waals surface area contributed by atoms with Crippen molar-refractivity contribution in [3.8, 4) is 0 Å².